The van der Waals surface area contributed by atoms with Crippen molar-refractivity contribution in [3.05, 3.63) is 47.8 Å². The van der Waals surface area contributed by atoms with Crippen LogP contribution in [0.1, 0.15) is 35.3 Å². The summed E-state index contributed by atoms with van der Waals surface area (Å²) in [6.45, 7) is 2.21. The molecule has 1 fully saturated rings. The van der Waals surface area contributed by atoms with E-state index < -0.39 is 12.0 Å². The van der Waals surface area contributed by atoms with Crippen LogP contribution in [0.25, 0.3) is 11.4 Å². The third kappa shape index (κ3) is 3.13. The molecule has 3 rings (SSSR count). The second-order valence-electron chi connectivity index (χ2n) is 5.91. The maximum absolute atomic E-state index is 12.8. The molecule has 124 valence electrons. The van der Waals surface area contributed by atoms with Gasteiger partial charge < -0.3 is 10.0 Å². The van der Waals surface area contributed by atoms with Crippen LogP contribution in [0, 0.1) is 6.92 Å². The summed E-state index contributed by atoms with van der Waals surface area (Å²) in [5.41, 5.74) is 1.80. The largest absolute Gasteiger partial charge is 0.480 e. The first-order chi connectivity index (χ1) is 11.6. The Kier molecular flexibility index (Phi) is 4.55. The van der Waals surface area contributed by atoms with E-state index in [0.29, 0.717) is 30.0 Å². The minimum Gasteiger partial charge on any atom is -0.480 e. The fraction of sp³-hybridized carbons (Fsp3) is 0.333. The summed E-state index contributed by atoms with van der Waals surface area (Å²) in [5.74, 6) is -0.709. The van der Waals surface area contributed by atoms with Gasteiger partial charge in [0.15, 0.2) is 5.82 Å². The first-order valence-corrected chi connectivity index (χ1v) is 8.01. The molecule has 1 aromatic heterocycles. The lowest BCUT2D eigenvalue weighted by Crippen LogP contribution is -2.48. The SMILES string of the molecule is Cc1nc(-c2ccccc2)ncc1C(=O)N1CCCC[C@H]1C(=O)O. The number of carbonyl (C=O) groups excluding carboxylic acids is 1. The van der Waals surface area contributed by atoms with E-state index in [2.05, 4.69) is 9.97 Å². The predicted molar refractivity (Wildman–Crippen MR) is 88.5 cm³/mol. The average molecular weight is 325 g/mol. The molecule has 0 aliphatic carbocycles. The van der Waals surface area contributed by atoms with Gasteiger partial charge in [-0.15, -0.1) is 0 Å². The molecule has 1 N–H and O–H groups in total. The third-order valence-electron chi connectivity index (χ3n) is 4.29. The molecule has 2 aromatic rings. The van der Waals surface area contributed by atoms with Gasteiger partial charge in [-0.05, 0) is 26.2 Å². The van der Waals surface area contributed by atoms with Crippen LogP contribution in [-0.4, -0.2) is 44.4 Å². The zero-order valence-corrected chi connectivity index (χ0v) is 13.5. The van der Waals surface area contributed by atoms with Crippen molar-refractivity contribution in [2.75, 3.05) is 6.54 Å². The summed E-state index contributed by atoms with van der Waals surface area (Å²) in [7, 11) is 0. The van der Waals surface area contributed by atoms with Crippen LogP contribution in [0.3, 0.4) is 0 Å². The minimum absolute atomic E-state index is 0.306. The van der Waals surface area contributed by atoms with E-state index in [1.807, 2.05) is 30.3 Å². The Labute approximate surface area is 140 Å². The van der Waals surface area contributed by atoms with Crippen LogP contribution >= 0.6 is 0 Å². The number of piperidine rings is 1. The summed E-state index contributed by atoms with van der Waals surface area (Å²) in [4.78, 5) is 34.3. The van der Waals surface area contributed by atoms with Crippen molar-refractivity contribution in [1.82, 2.24) is 14.9 Å². The van der Waals surface area contributed by atoms with Gasteiger partial charge in [0.25, 0.3) is 5.91 Å². The second-order valence-corrected chi connectivity index (χ2v) is 5.91. The van der Waals surface area contributed by atoms with E-state index in [0.717, 1.165) is 18.4 Å². The van der Waals surface area contributed by atoms with Crippen LogP contribution in [-0.2, 0) is 4.79 Å². The number of aromatic nitrogens is 2. The standard InChI is InChI=1S/C18H19N3O3/c1-12-14(11-19-16(20-12)13-7-3-2-4-8-13)17(22)21-10-6-5-9-15(21)18(23)24/h2-4,7-8,11,15H,5-6,9-10H2,1H3,(H,23,24)/t15-/m0/s1. The molecule has 1 saturated heterocycles. The summed E-state index contributed by atoms with van der Waals surface area (Å²) >= 11 is 0. The summed E-state index contributed by atoms with van der Waals surface area (Å²) in [6, 6.07) is 8.76. The van der Waals surface area contributed by atoms with Crippen LogP contribution in [0.4, 0.5) is 0 Å². The van der Waals surface area contributed by atoms with Gasteiger partial charge in [0, 0.05) is 18.3 Å². The summed E-state index contributed by atoms with van der Waals surface area (Å²) in [6.07, 6.45) is 3.63. The molecule has 0 radical (unpaired) electrons. The van der Waals surface area contributed by atoms with E-state index in [1.54, 1.807) is 6.92 Å². The zero-order chi connectivity index (χ0) is 17.1. The van der Waals surface area contributed by atoms with Gasteiger partial charge in [-0.25, -0.2) is 14.8 Å². The molecule has 6 nitrogen and oxygen atoms in total. The minimum atomic E-state index is -0.956. The Bertz CT molecular complexity index is 761. The van der Waals surface area contributed by atoms with Crippen molar-refractivity contribution >= 4 is 11.9 Å². The van der Waals surface area contributed by atoms with Crippen LogP contribution in [0.15, 0.2) is 36.5 Å². The number of benzene rings is 1. The van der Waals surface area contributed by atoms with Gasteiger partial charge in [0.1, 0.15) is 6.04 Å². The van der Waals surface area contributed by atoms with Crippen molar-refractivity contribution in [3.63, 3.8) is 0 Å². The Hall–Kier alpha value is -2.76. The molecule has 0 bridgehead atoms. The van der Waals surface area contributed by atoms with E-state index in [1.165, 1.54) is 11.1 Å². The lowest BCUT2D eigenvalue weighted by atomic mass is 10.0. The van der Waals surface area contributed by atoms with E-state index in [4.69, 9.17) is 0 Å². The van der Waals surface area contributed by atoms with Gasteiger partial charge >= 0.3 is 5.97 Å². The lowest BCUT2D eigenvalue weighted by Gasteiger charge is -2.33. The maximum atomic E-state index is 12.8. The van der Waals surface area contributed by atoms with Gasteiger partial charge in [0.2, 0.25) is 0 Å². The molecule has 1 aliphatic rings. The number of nitrogens with zero attached hydrogens (tertiary/aromatic N) is 3. The highest BCUT2D eigenvalue weighted by molar-refractivity contribution is 5.97. The van der Waals surface area contributed by atoms with Crippen molar-refractivity contribution in [1.29, 1.82) is 0 Å². The molecule has 24 heavy (non-hydrogen) atoms. The molecule has 0 unspecified atom stereocenters. The number of amides is 1. The number of hydrogen-bond acceptors (Lipinski definition) is 4. The van der Waals surface area contributed by atoms with E-state index >= 15 is 0 Å². The highest BCUT2D eigenvalue weighted by Crippen LogP contribution is 2.22. The number of likely N-dealkylation sites (tertiary alicyclic amines) is 1. The van der Waals surface area contributed by atoms with Gasteiger partial charge in [-0.1, -0.05) is 30.3 Å². The van der Waals surface area contributed by atoms with Gasteiger partial charge in [-0.2, -0.15) is 0 Å². The number of carboxylic acid groups (broad SMARTS) is 1. The second kappa shape index (κ2) is 6.78. The molecule has 1 aliphatic heterocycles. The molecular weight excluding hydrogens is 306 g/mol. The molecular formula is C18H19N3O3. The number of aryl methyl sites for hydroxylation is 1. The van der Waals surface area contributed by atoms with Crippen LogP contribution < -0.4 is 0 Å². The molecule has 6 heteroatoms. The van der Waals surface area contributed by atoms with E-state index in [9.17, 15) is 14.7 Å². The summed E-state index contributed by atoms with van der Waals surface area (Å²) in [5, 5.41) is 9.34. The van der Waals surface area contributed by atoms with Crippen molar-refractivity contribution in [2.45, 2.75) is 32.2 Å². The molecule has 1 aromatic carbocycles. The Morgan fingerprint density at radius 1 is 1.21 bits per heavy atom. The van der Waals surface area contributed by atoms with Crippen molar-refractivity contribution < 1.29 is 14.7 Å². The van der Waals surface area contributed by atoms with Crippen molar-refractivity contribution in [2.24, 2.45) is 0 Å². The topological polar surface area (TPSA) is 83.4 Å². The maximum Gasteiger partial charge on any atom is 0.326 e. The highest BCUT2D eigenvalue weighted by atomic mass is 16.4. The smallest absolute Gasteiger partial charge is 0.326 e. The van der Waals surface area contributed by atoms with Crippen LogP contribution in [0.2, 0.25) is 0 Å². The number of carboxylic acids is 1. The van der Waals surface area contributed by atoms with E-state index in [-0.39, 0.29) is 5.91 Å². The van der Waals surface area contributed by atoms with Gasteiger partial charge in [0.05, 0.1) is 11.3 Å². The molecule has 0 saturated carbocycles. The Balaban J connectivity index is 1.89. The Morgan fingerprint density at radius 3 is 2.62 bits per heavy atom. The monoisotopic (exact) mass is 325 g/mol. The Morgan fingerprint density at radius 2 is 1.96 bits per heavy atom. The fourth-order valence-electron chi connectivity index (χ4n) is 2.99. The van der Waals surface area contributed by atoms with Crippen LogP contribution in [0.5, 0.6) is 0 Å². The first-order valence-electron chi connectivity index (χ1n) is 8.01. The third-order valence-corrected chi connectivity index (χ3v) is 4.29. The average Bonchev–Trinajstić information content (AvgIpc) is 2.62. The summed E-state index contributed by atoms with van der Waals surface area (Å²) < 4.78 is 0. The number of aliphatic carboxylic acids is 1. The van der Waals surface area contributed by atoms with Crippen molar-refractivity contribution in [3.8, 4) is 11.4 Å². The fourth-order valence-corrected chi connectivity index (χ4v) is 2.99. The molecule has 1 amide bonds. The molecule has 0 spiro atoms. The molecule has 2 heterocycles. The highest BCUT2D eigenvalue weighted by Gasteiger charge is 2.33. The predicted octanol–water partition coefficient (Wildman–Crippen LogP) is 2.53. The number of rotatable bonds is 3. The first kappa shape index (κ1) is 16.1. The zero-order valence-electron chi connectivity index (χ0n) is 13.5. The molecule has 1 atom stereocenters. The van der Waals surface area contributed by atoms with Gasteiger partial charge in [-0.3, -0.25) is 4.79 Å². The number of hydrogen-bond donors (Lipinski definition) is 1. The normalized spacial score (nSPS) is 17.5. The number of carbonyl (C=O) groups is 2. The lowest BCUT2D eigenvalue weighted by molar-refractivity contribution is -0.143. The quantitative estimate of drug-likeness (QED) is 0.937.